The van der Waals surface area contributed by atoms with E-state index in [2.05, 4.69) is 4.90 Å². The maximum atomic E-state index is 3.52. The van der Waals surface area contributed by atoms with E-state index in [9.17, 15) is 0 Å². The molecule has 0 spiro atoms. The van der Waals surface area contributed by atoms with Crippen molar-refractivity contribution in [3.05, 3.63) is 0 Å². The molecule has 0 aromatic carbocycles. The third kappa shape index (κ3) is 2.54. The van der Waals surface area contributed by atoms with Gasteiger partial charge in [0.1, 0.15) is 0 Å². The predicted molar refractivity (Wildman–Crippen MR) is 124 cm³/mol. The summed E-state index contributed by atoms with van der Waals surface area (Å²) in [5.41, 5.74) is 0. The van der Waals surface area contributed by atoms with E-state index in [0.29, 0.717) is 0 Å². The fourth-order valence-corrected chi connectivity index (χ4v) is 13.7. The summed E-state index contributed by atoms with van der Waals surface area (Å²) in [5, 5.41) is 0. The minimum absolute atomic E-state index is 1.03. The summed E-state index contributed by atoms with van der Waals surface area (Å²) < 4.78 is 0. The summed E-state index contributed by atoms with van der Waals surface area (Å²) in [4.78, 5) is 3.52. The highest BCUT2D eigenvalue weighted by molar-refractivity contribution is 5.13. The van der Waals surface area contributed by atoms with Gasteiger partial charge in [-0.05, 0) is 167 Å². The van der Waals surface area contributed by atoms with Crippen LogP contribution in [0.15, 0.2) is 0 Å². The van der Waals surface area contributed by atoms with E-state index in [1.807, 2.05) is 0 Å². The van der Waals surface area contributed by atoms with Gasteiger partial charge in [0.2, 0.25) is 0 Å². The number of nitrogens with zero attached hydrogens (tertiary/aromatic N) is 1. The Hall–Kier alpha value is -0.0400. The summed E-state index contributed by atoms with van der Waals surface area (Å²) in [7, 11) is 0. The van der Waals surface area contributed by atoms with E-state index >= 15 is 0 Å². The molecule has 0 N–H and O–H groups in total. The molecule has 0 aliphatic heterocycles. The average Bonchev–Trinajstić information content (AvgIpc) is 2.71. The van der Waals surface area contributed by atoms with Crippen LogP contribution in [0.5, 0.6) is 0 Å². The minimum Gasteiger partial charge on any atom is -0.293 e. The maximum absolute atomic E-state index is 3.52. The van der Waals surface area contributed by atoms with E-state index in [1.165, 1.54) is 0 Å². The zero-order valence-electron chi connectivity index (χ0n) is 19.7. The molecule has 1 heteroatoms. The second-order valence-electron chi connectivity index (χ2n) is 15.2. The van der Waals surface area contributed by atoms with Gasteiger partial charge in [0.25, 0.3) is 0 Å². The second kappa shape index (κ2) is 6.34. The standard InChI is InChI=1S/C30H45N/c1-16-4-22-6-17(1)7-23(5-16)28(22)31(29-24-8-18-2-19(10-24)11-25(29)9-18)30-26-12-20-3-21(14-26)15-27(30)13-20/h16-30H,1-15H2. The average molecular weight is 420 g/mol. The van der Waals surface area contributed by atoms with Gasteiger partial charge in [-0.25, -0.2) is 0 Å². The Labute approximate surface area is 190 Å². The Bertz CT molecular complexity index is 570. The van der Waals surface area contributed by atoms with Crippen molar-refractivity contribution in [1.29, 1.82) is 0 Å². The van der Waals surface area contributed by atoms with Crippen molar-refractivity contribution in [3.8, 4) is 0 Å². The molecule has 0 aromatic heterocycles. The van der Waals surface area contributed by atoms with Crippen molar-refractivity contribution in [2.75, 3.05) is 0 Å². The summed E-state index contributed by atoms with van der Waals surface area (Å²) in [5.74, 6) is 13.4. The molecular formula is C30H45N. The highest BCUT2D eigenvalue weighted by atomic mass is 15.3. The Morgan fingerprint density at radius 3 is 0.645 bits per heavy atom. The third-order valence-electron chi connectivity index (χ3n) is 13.6. The van der Waals surface area contributed by atoms with Crippen LogP contribution >= 0.6 is 0 Å². The highest BCUT2D eigenvalue weighted by Crippen LogP contribution is 2.63. The molecule has 12 aliphatic rings. The van der Waals surface area contributed by atoms with Crippen LogP contribution in [0.1, 0.15) is 96.3 Å². The van der Waals surface area contributed by atoms with Crippen molar-refractivity contribution < 1.29 is 0 Å². The number of rotatable bonds is 3. The van der Waals surface area contributed by atoms with E-state index < -0.39 is 0 Å². The van der Waals surface area contributed by atoms with Crippen LogP contribution in [0.25, 0.3) is 0 Å². The van der Waals surface area contributed by atoms with Crippen LogP contribution in [0.4, 0.5) is 0 Å². The zero-order valence-corrected chi connectivity index (χ0v) is 19.7. The Balaban J connectivity index is 1.14. The fraction of sp³-hybridized carbons (Fsp3) is 1.00. The summed E-state index contributed by atoms with van der Waals surface area (Å²) in [6.45, 7) is 0. The molecule has 12 saturated carbocycles. The highest BCUT2D eigenvalue weighted by Gasteiger charge is 2.60. The lowest BCUT2D eigenvalue weighted by molar-refractivity contribution is -0.186. The molecule has 0 heterocycles. The van der Waals surface area contributed by atoms with Crippen molar-refractivity contribution in [1.82, 2.24) is 4.90 Å². The summed E-state index contributed by atoms with van der Waals surface area (Å²) in [6.07, 6.45) is 24.5. The number of hydrogen-bond acceptors (Lipinski definition) is 1. The lowest BCUT2D eigenvalue weighted by Gasteiger charge is -2.68. The molecule has 0 atom stereocenters. The Morgan fingerprint density at radius 1 is 0.258 bits per heavy atom. The quantitative estimate of drug-likeness (QED) is 0.488. The van der Waals surface area contributed by atoms with Gasteiger partial charge in [0.05, 0.1) is 0 Å². The molecule has 1 nitrogen and oxygen atoms in total. The molecule has 12 aliphatic carbocycles. The third-order valence-corrected chi connectivity index (χ3v) is 13.6. The maximum Gasteiger partial charge on any atom is 0.0158 e. The molecule has 12 rings (SSSR count). The van der Waals surface area contributed by atoms with Crippen LogP contribution in [0.2, 0.25) is 0 Å². The molecule has 12 fully saturated rings. The second-order valence-corrected chi connectivity index (χ2v) is 15.2. The lowest BCUT2D eigenvalue weighted by atomic mass is 9.49. The van der Waals surface area contributed by atoms with Crippen molar-refractivity contribution >= 4 is 0 Å². The van der Waals surface area contributed by atoms with Crippen LogP contribution < -0.4 is 0 Å². The Kier molecular flexibility index (Phi) is 3.74. The van der Waals surface area contributed by atoms with E-state index in [4.69, 9.17) is 0 Å². The first-order valence-corrected chi connectivity index (χ1v) is 15.0. The first-order valence-electron chi connectivity index (χ1n) is 15.0. The fourth-order valence-electron chi connectivity index (χ4n) is 13.7. The van der Waals surface area contributed by atoms with Crippen molar-refractivity contribution in [2.45, 2.75) is 114 Å². The van der Waals surface area contributed by atoms with Gasteiger partial charge in [-0.3, -0.25) is 4.90 Å². The summed E-state index contributed by atoms with van der Waals surface area (Å²) >= 11 is 0. The van der Waals surface area contributed by atoms with E-state index in [-0.39, 0.29) is 0 Å². The normalized spacial score (nSPS) is 64.7. The van der Waals surface area contributed by atoms with Gasteiger partial charge < -0.3 is 0 Å². The molecule has 0 saturated heterocycles. The first-order chi connectivity index (χ1) is 15.2. The molecule has 170 valence electrons. The molecule has 0 unspecified atom stereocenters. The smallest absolute Gasteiger partial charge is 0.0158 e. The lowest BCUT2D eigenvalue weighted by Crippen LogP contribution is -2.70. The molecule has 31 heavy (non-hydrogen) atoms. The summed E-state index contributed by atoms with van der Waals surface area (Å²) in [6, 6.07) is 3.08. The molecule has 0 amide bonds. The monoisotopic (exact) mass is 419 g/mol. The van der Waals surface area contributed by atoms with Gasteiger partial charge >= 0.3 is 0 Å². The van der Waals surface area contributed by atoms with Crippen molar-refractivity contribution in [2.24, 2.45) is 71.0 Å². The zero-order chi connectivity index (χ0) is 19.8. The van der Waals surface area contributed by atoms with Crippen LogP contribution in [-0.2, 0) is 0 Å². The molecule has 0 aromatic rings. The largest absolute Gasteiger partial charge is 0.293 e. The SMILES string of the molecule is C1C2CC3CC1CC(C2)C3N(C1C2CC3CC(C2)CC1C3)C1C2CC3CC(C2)CC1C3. The van der Waals surface area contributed by atoms with Gasteiger partial charge in [-0.2, -0.15) is 0 Å². The van der Waals surface area contributed by atoms with Crippen LogP contribution in [0.3, 0.4) is 0 Å². The molecule has 12 bridgehead atoms. The molecular weight excluding hydrogens is 374 g/mol. The number of hydrogen-bond donors (Lipinski definition) is 0. The van der Waals surface area contributed by atoms with E-state index in [0.717, 1.165) is 89.1 Å². The van der Waals surface area contributed by atoms with Crippen LogP contribution in [-0.4, -0.2) is 23.0 Å². The first kappa shape index (κ1) is 18.3. The van der Waals surface area contributed by atoms with Gasteiger partial charge in [-0.15, -0.1) is 0 Å². The predicted octanol–water partition coefficient (Wildman–Crippen LogP) is 6.76. The van der Waals surface area contributed by atoms with Gasteiger partial charge in [0, 0.05) is 18.1 Å². The van der Waals surface area contributed by atoms with Gasteiger partial charge in [-0.1, -0.05) is 0 Å². The minimum atomic E-state index is 1.03. The van der Waals surface area contributed by atoms with Crippen molar-refractivity contribution in [3.63, 3.8) is 0 Å². The van der Waals surface area contributed by atoms with Crippen LogP contribution in [0, 0.1) is 71.0 Å². The topological polar surface area (TPSA) is 3.24 Å². The van der Waals surface area contributed by atoms with Gasteiger partial charge in [0.15, 0.2) is 0 Å². The molecule has 0 radical (unpaired) electrons. The van der Waals surface area contributed by atoms with E-state index in [1.54, 1.807) is 96.3 Å². The Morgan fingerprint density at radius 2 is 0.452 bits per heavy atom.